The zero-order valence-electron chi connectivity index (χ0n) is 22.7. The third-order valence-electron chi connectivity index (χ3n) is 7.09. The molecule has 4 heterocycles. The monoisotopic (exact) mass is 520 g/mol. The van der Waals surface area contributed by atoms with E-state index in [1.165, 1.54) is 0 Å². The number of anilines is 1. The predicted octanol–water partition coefficient (Wildman–Crippen LogP) is 3.60. The van der Waals surface area contributed by atoms with E-state index in [0.717, 1.165) is 41.1 Å². The van der Waals surface area contributed by atoms with E-state index in [4.69, 9.17) is 14.5 Å². The fraction of sp³-hybridized carbons (Fsp3) is 0.500. The van der Waals surface area contributed by atoms with Gasteiger partial charge >= 0.3 is 6.09 Å². The Morgan fingerprint density at radius 1 is 1.13 bits per heavy atom. The molecule has 10 nitrogen and oxygen atoms in total. The van der Waals surface area contributed by atoms with Gasteiger partial charge in [-0.1, -0.05) is 12.1 Å². The van der Waals surface area contributed by atoms with E-state index in [0.29, 0.717) is 31.9 Å². The number of hydrogen-bond acceptors (Lipinski definition) is 7. The molecule has 0 bridgehead atoms. The number of imidazole rings is 1. The Kier molecular flexibility index (Phi) is 6.90. The van der Waals surface area contributed by atoms with Crippen LogP contribution in [0.15, 0.2) is 36.7 Å². The number of rotatable bonds is 5. The van der Waals surface area contributed by atoms with Gasteiger partial charge in [-0.25, -0.2) is 14.8 Å². The molecule has 2 aliphatic rings. The Labute approximate surface area is 222 Å². The number of carbonyl (C=O) groups is 2. The minimum absolute atomic E-state index is 0.0594. The van der Waals surface area contributed by atoms with E-state index in [1.807, 2.05) is 45.4 Å². The van der Waals surface area contributed by atoms with Crippen LogP contribution in [0.5, 0.6) is 5.88 Å². The van der Waals surface area contributed by atoms with Gasteiger partial charge in [0.1, 0.15) is 17.2 Å². The Morgan fingerprint density at radius 3 is 2.47 bits per heavy atom. The highest BCUT2D eigenvalue weighted by Crippen LogP contribution is 2.31. The van der Waals surface area contributed by atoms with Crippen LogP contribution >= 0.6 is 0 Å². The average Bonchev–Trinajstić information content (AvgIpc) is 3.49. The van der Waals surface area contributed by atoms with Crippen LogP contribution in [0.2, 0.25) is 0 Å². The molecule has 2 amide bonds. The first-order valence-corrected chi connectivity index (χ1v) is 13.2. The van der Waals surface area contributed by atoms with Gasteiger partial charge in [0.2, 0.25) is 11.8 Å². The lowest BCUT2D eigenvalue weighted by molar-refractivity contribution is -0.119. The van der Waals surface area contributed by atoms with Crippen LogP contribution in [-0.4, -0.2) is 75.9 Å². The van der Waals surface area contributed by atoms with Crippen LogP contribution in [0.1, 0.15) is 34.1 Å². The van der Waals surface area contributed by atoms with Gasteiger partial charge < -0.3 is 29.2 Å². The zero-order valence-corrected chi connectivity index (χ0v) is 22.7. The third kappa shape index (κ3) is 5.54. The van der Waals surface area contributed by atoms with Gasteiger partial charge in [0, 0.05) is 63.4 Å². The minimum atomic E-state index is -0.494. The molecule has 1 N–H and O–H groups in total. The molecule has 0 radical (unpaired) electrons. The summed E-state index contributed by atoms with van der Waals surface area (Å²) in [5, 5.41) is 2.88. The molecule has 0 aliphatic carbocycles. The van der Waals surface area contributed by atoms with Gasteiger partial charge in [0.15, 0.2) is 0 Å². The third-order valence-corrected chi connectivity index (χ3v) is 7.09. The Hall–Kier alpha value is -3.82. The second-order valence-corrected chi connectivity index (χ2v) is 11.1. The van der Waals surface area contributed by atoms with Crippen molar-refractivity contribution >= 4 is 28.7 Å². The standard InChI is InChI=1S/C28H36N6O4/c1-18(20-14-24(35)29-16-20)37-26-25-23(30-17-32(25)5)15-22(31-26)19-6-8-21(9-7-19)33-10-12-34(13-11-33)27(36)38-28(2,3)4/h6-9,15,17-18,20H,10-14,16H2,1-5H3,(H,29,35)/t18-,20?/m1/s1. The SMILES string of the molecule is C[C@@H](Oc1nc(-c2ccc(N3CCN(C(=O)OC(C)(C)C)CC3)cc2)cc2ncn(C)c12)C1CNC(=O)C1. The normalized spacial score (nSPS) is 19.0. The molecule has 5 rings (SSSR count). The molecular weight excluding hydrogens is 484 g/mol. The van der Waals surface area contributed by atoms with Crippen molar-refractivity contribution < 1.29 is 19.1 Å². The van der Waals surface area contributed by atoms with Crippen molar-refractivity contribution in [2.45, 2.75) is 45.8 Å². The lowest BCUT2D eigenvalue weighted by Gasteiger charge is -2.36. The number of aromatic nitrogens is 3. The molecule has 3 aromatic rings. The van der Waals surface area contributed by atoms with Crippen molar-refractivity contribution in [3.63, 3.8) is 0 Å². The molecule has 2 aliphatic heterocycles. The number of aryl methyl sites for hydroxylation is 1. The van der Waals surface area contributed by atoms with Crippen molar-refractivity contribution in [1.82, 2.24) is 24.8 Å². The van der Waals surface area contributed by atoms with E-state index in [-0.39, 0.29) is 24.0 Å². The maximum Gasteiger partial charge on any atom is 0.410 e. The van der Waals surface area contributed by atoms with Crippen molar-refractivity contribution in [2.24, 2.45) is 13.0 Å². The molecular formula is C28H36N6O4. The number of benzene rings is 1. The van der Waals surface area contributed by atoms with E-state index in [2.05, 4.69) is 39.5 Å². The lowest BCUT2D eigenvalue weighted by atomic mass is 10.0. The van der Waals surface area contributed by atoms with Crippen LogP contribution in [0.25, 0.3) is 22.3 Å². The van der Waals surface area contributed by atoms with Crippen LogP contribution in [0.3, 0.4) is 0 Å². The minimum Gasteiger partial charge on any atom is -0.473 e. The van der Waals surface area contributed by atoms with Gasteiger partial charge in [-0.3, -0.25) is 4.79 Å². The highest BCUT2D eigenvalue weighted by Gasteiger charge is 2.29. The van der Waals surface area contributed by atoms with Crippen molar-refractivity contribution in [1.29, 1.82) is 0 Å². The van der Waals surface area contributed by atoms with Gasteiger partial charge in [-0.2, -0.15) is 0 Å². The predicted molar refractivity (Wildman–Crippen MR) is 145 cm³/mol. The van der Waals surface area contributed by atoms with Gasteiger partial charge in [-0.05, 0) is 45.9 Å². The zero-order chi connectivity index (χ0) is 27.0. The number of ether oxygens (including phenoxy) is 2. The topological polar surface area (TPSA) is 102 Å². The summed E-state index contributed by atoms with van der Waals surface area (Å²) in [5.41, 5.74) is 3.98. The number of nitrogens with one attached hydrogen (secondary N) is 1. The summed E-state index contributed by atoms with van der Waals surface area (Å²) in [6.07, 6.45) is 1.79. The van der Waals surface area contributed by atoms with Crippen LogP contribution in [0.4, 0.5) is 10.5 Å². The Bertz CT molecular complexity index is 1320. The summed E-state index contributed by atoms with van der Waals surface area (Å²) in [7, 11) is 1.92. The second kappa shape index (κ2) is 10.2. The summed E-state index contributed by atoms with van der Waals surface area (Å²) in [6, 6.07) is 10.3. The second-order valence-electron chi connectivity index (χ2n) is 11.1. The molecule has 2 saturated heterocycles. The number of nitrogens with zero attached hydrogens (tertiary/aromatic N) is 5. The highest BCUT2D eigenvalue weighted by atomic mass is 16.6. The molecule has 2 aromatic heterocycles. The fourth-order valence-electron chi connectivity index (χ4n) is 4.92. The molecule has 10 heteroatoms. The van der Waals surface area contributed by atoms with Crippen LogP contribution < -0.4 is 15.0 Å². The van der Waals surface area contributed by atoms with E-state index in [1.54, 1.807) is 11.2 Å². The first-order chi connectivity index (χ1) is 18.1. The van der Waals surface area contributed by atoms with E-state index in [9.17, 15) is 9.59 Å². The fourth-order valence-corrected chi connectivity index (χ4v) is 4.92. The number of fused-ring (bicyclic) bond motifs is 1. The summed E-state index contributed by atoms with van der Waals surface area (Å²) in [6.45, 7) is 11.0. The quantitative estimate of drug-likeness (QED) is 0.549. The van der Waals surface area contributed by atoms with Crippen molar-refractivity contribution in [3.8, 4) is 17.1 Å². The first kappa shape index (κ1) is 25.8. The molecule has 2 atom stereocenters. The number of amides is 2. The number of hydrogen-bond donors (Lipinski definition) is 1. The summed E-state index contributed by atoms with van der Waals surface area (Å²) >= 11 is 0. The van der Waals surface area contributed by atoms with Crippen LogP contribution in [-0.2, 0) is 16.6 Å². The Balaban J connectivity index is 1.30. The van der Waals surface area contributed by atoms with Crippen LogP contribution in [0, 0.1) is 5.92 Å². The van der Waals surface area contributed by atoms with Crippen molar-refractivity contribution in [3.05, 3.63) is 36.7 Å². The molecule has 1 unspecified atom stereocenters. The number of carbonyl (C=O) groups excluding carboxylic acids is 2. The van der Waals surface area contributed by atoms with E-state index < -0.39 is 5.60 Å². The largest absolute Gasteiger partial charge is 0.473 e. The molecule has 38 heavy (non-hydrogen) atoms. The molecule has 202 valence electrons. The smallest absolute Gasteiger partial charge is 0.410 e. The highest BCUT2D eigenvalue weighted by molar-refractivity contribution is 5.85. The molecule has 1 aromatic carbocycles. The van der Waals surface area contributed by atoms with E-state index >= 15 is 0 Å². The van der Waals surface area contributed by atoms with Crippen molar-refractivity contribution in [2.75, 3.05) is 37.6 Å². The van der Waals surface area contributed by atoms with Gasteiger partial charge in [0.25, 0.3) is 0 Å². The van der Waals surface area contributed by atoms with Gasteiger partial charge in [-0.15, -0.1) is 0 Å². The first-order valence-electron chi connectivity index (χ1n) is 13.2. The summed E-state index contributed by atoms with van der Waals surface area (Å²) in [4.78, 5) is 37.5. The molecule has 2 fully saturated rings. The summed E-state index contributed by atoms with van der Waals surface area (Å²) < 4.78 is 13.7. The Morgan fingerprint density at radius 2 is 1.84 bits per heavy atom. The number of pyridine rings is 1. The molecule has 0 saturated carbocycles. The summed E-state index contributed by atoms with van der Waals surface area (Å²) in [5.74, 6) is 0.683. The number of piperazine rings is 1. The lowest BCUT2D eigenvalue weighted by Crippen LogP contribution is -2.50. The maximum atomic E-state index is 12.4. The average molecular weight is 521 g/mol. The molecule has 0 spiro atoms. The maximum absolute atomic E-state index is 12.4. The van der Waals surface area contributed by atoms with Gasteiger partial charge in [0.05, 0.1) is 17.5 Å².